The lowest BCUT2D eigenvalue weighted by Gasteiger charge is -2.18. The molecule has 0 aliphatic carbocycles. The van der Waals surface area contributed by atoms with Gasteiger partial charge in [-0.15, -0.1) is 0 Å². The van der Waals surface area contributed by atoms with Crippen molar-refractivity contribution in [2.24, 2.45) is 0 Å². The highest BCUT2D eigenvalue weighted by atomic mass is 16.6. The average Bonchev–Trinajstić information content (AvgIpc) is 3.27. The lowest BCUT2D eigenvalue weighted by atomic mass is 10.0. The van der Waals surface area contributed by atoms with Crippen LogP contribution in [-0.4, -0.2) is 37.2 Å². The molecule has 62 heavy (non-hydrogen) atoms. The summed E-state index contributed by atoms with van der Waals surface area (Å²) in [5.74, 6) is -0.871. The molecule has 0 heterocycles. The molecule has 0 aromatic carbocycles. The topological polar surface area (TPSA) is 78.9 Å². The molecule has 0 spiro atoms. The Morgan fingerprint density at radius 2 is 0.613 bits per heavy atom. The summed E-state index contributed by atoms with van der Waals surface area (Å²) in [5.41, 5.74) is 0. The summed E-state index contributed by atoms with van der Waals surface area (Å²) in [4.78, 5) is 38.0. The second kappa shape index (κ2) is 51.5. The molecule has 0 amide bonds. The normalized spacial score (nSPS) is 12.1. The van der Waals surface area contributed by atoms with Crippen molar-refractivity contribution in [3.8, 4) is 0 Å². The van der Waals surface area contributed by atoms with E-state index in [4.69, 9.17) is 14.2 Å². The number of allylic oxidation sites excluding steroid dienone is 4. The predicted octanol–water partition coefficient (Wildman–Crippen LogP) is 17.9. The van der Waals surface area contributed by atoms with Crippen LogP contribution in [0.25, 0.3) is 0 Å². The van der Waals surface area contributed by atoms with E-state index in [0.717, 1.165) is 89.9 Å². The minimum absolute atomic E-state index is 0.0720. The van der Waals surface area contributed by atoms with Gasteiger partial charge < -0.3 is 14.2 Å². The van der Waals surface area contributed by atoms with Gasteiger partial charge in [-0.1, -0.05) is 257 Å². The first-order valence-electron chi connectivity index (χ1n) is 27.3. The monoisotopic (exact) mass is 873 g/mol. The fraction of sp³-hybridized carbons (Fsp3) is 0.875. The maximum absolute atomic E-state index is 12.8. The molecule has 6 nitrogen and oxygen atoms in total. The Morgan fingerprint density at radius 1 is 0.323 bits per heavy atom. The first-order chi connectivity index (χ1) is 30.5. The number of carbonyl (C=O) groups is 3. The van der Waals surface area contributed by atoms with Gasteiger partial charge in [-0.05, 0) is 44.9 Å². The number of unbranched alkanes of at least 4 members (excludes halogenated alkanes) is 35. The Hall–Kier alpha value is -2.11. The molecule has 0 rings (SSSR count). The van der Waals surface area contributed by atoms with E-state index >= 15 is 0 Å². The summed E-state index contributed by atoms with van der Waals surface area (Å²) in [6.45, 7) is 6.59. The third kappa shape index (κ3) is 48.9. The van der Waals surface area contributed by atoms with Crippen molar-refractivity contribution >= 4 is 17.9 Å². The summed E-state index contributed by atoms with van der Waals surface area (Å²) in [6, 6.07) is 0. The van der Waals surface area contributed by atoms with Crippen molar-refractivity contribution in [2.45, 2.75) is 303 Å². The molecule has 0 aromatic heterocycles. The molecule has 0 saturated heterocycles. The number of ether oxygens (including phenoxy) is 3. The zero-order valence-electron chi connectivity index (χ0n) is 41.7. The molecule has 6 heteroatoms. The number of hydrogen-bond acceptors (Lipinski definition) is 6. The molecule has 0 aromatic rings. The van der Waals surface area contributed by atoms with Gasteiger partial charge in [0.05, 0.1) is 0 Å². The highest BCUT2D eigenvalue weighted by molar-refractivity contribution is 5.71. The quantitative estimate of drug-likeness (QED) is 0.0262. The average molecular weight is 873 g/mol. The number of rotatable bonds is 50. The van der Waals surface area contributed by atoms with Gasteiger partial charge in [0.1, 0.15) is 13.2 Å². The molecular formula is C56H104O6. The van der Waals surface area contributed by atoms with Gasteiger partial charge in [0.2, 0.25) is 0 Å². The van der Waals surface area contributed by atoms with Crippen molar-refractivity contribution in [3.05, 3.63) is 24.3 Å². The zero-order valence-corrected chi connectivity index (χ0v) is 41.7. The summed E-state index contributed by atoms with van der Waals surface area (Å²) in [7, 11) is 0. The maximum Gasteiger partial charge on any atom is 0.306 e. The van der Waals surface area contributed by atoms with Gasteiger partial charge in [-0.3, -0.25) is 14.4 Å². The van der Waals surface area contributed by atoms with Crippen LogP contribution in [0, 0.1) is 0 Å². The molecule has 0 radical (unpaired) electrons. The Labute approximate surface area is 385 Å². The zero-order chi connectivity index (χ0) is 45.1. The molecule has 1 unspecified atom stereocenters. The van der Waals surface area contributed by atoms with Gasteiger partial charge >= 0.3 is 17.9 Å². The largest absolute Gasteiger partial charge is 0.462 e. The minimum Gasteiger partial charge on any atom is -0.462 e. The van der Waals surface area contributed by atoms with Crippen LogP contribution in [0.2, 0.25) is 0 Å². The van der Waals surface area contributed by atoms with Crippen LogP contribution in [0.15, 0.2) is 24.3 Å². The van der Waals surface area contributed by atoms with Crippen molar-refractivity contribution in [1.29, 1.82) is 0 Å². The van der Waals surface area contributed by atoms with E-state index in [9.17, 15) is 14.4 Å². The second-order valence-corrected chi connectivity index (χ2v) is 18.5. The first kappa shape index (κ1) is 59.9. The summed E-state index contributed by atoms with van der Waals surface area (Å²) in [5, 5.41) is 0. The van der Waals surface area contributed by atoms with Gasteiger partial charge in [0, 0.05) is 19.3 Å². The van der Waals surface area contributed by atoms with Crippen molar-refractivity contribution < 1.29 is 28.6 Å². The van der Waals surface area contributed by atoms with Crippen molar-refractivity contribution in [1.82, 2.24) is 0 Å². The fourth-order valence-corrected chi connectivity index (χ4v) is 8.07. The van der Waals surface area contributed by atoms with E-state index in [1.807, 2.05) is 0 Å². The number of carbonyl (C=O) groups excluding carboxylic acids is 3. The summed E-state index contributed by atoms with van der Waals surface area (Å²) in [6.07, 6.45) is 58.8. The van der Waals surface area contributed by atoms with Crippen LogP contribution in [-0.2, 0) is 28.6 Å². The summed E-state index contributed by atoms with van der Waals surface area (Å²) < 4.78 is 16.8. The molecule has 0 aliphatic heterocycles. The Bertz CT molecular complexity index is 1000. The molecule has 1 atom stereocenters. The lowest BCUT2D eigenvalue weighted by Crippen LogP contribution is -2.30. The Kier molecular flexibility index (Phi) is 49.8. The molecule has 0 N–H and O–H groups in total. The highest BCUT2D eigenvalue weighted by Crippen LogP contribution is 2.17. The Morgan fingerprint density at radius 3 is 0.952 bits per heavy atom. The lowest BCUT2D eigenvalue weighted by molar-refractivity contribution is -0.167. The third-order valence-corrected chi connectivity index (χ3v) is 12.2. The van der Waals surface area contributed by atoms with E-state index in [1.54, 1.807) is 0 Å². The SMILES string of the molecule is CCC/C=C\C/C=C\CCCCCCCC(=O)OC(COC(=O)CCCCCCCCCCCCC)COC(=O)CCCCCCCCCCCCCCCCCCCCCC. The fourth-order valence-electron chi connectivity index (χ4n) is 8.07. The highest BCUT2D eigenvalue weighted by Gasteiger charge is 2.19. The van der Waals surface area contributed by atoms with E-state index < -0.39 is 6.10 Å². The van der Waals surface area contributed by atoms with Gasteiger partial charge in [-0.2, -0.15) is 0 Å². The smallest absolute Gasteiger partial charge is 0.306 e. The van der Waals surface area contributed by atoms with Crippen molar-refractivity contribution in [2.75, 3.05) is 13.2 Å². The van der Waals surface area contributed by atoms with Gasteiger partial charge in [0.25, 0.3) is 0 Å². The van der Waals surface area contributed by atoms with Crippen LogP contribution in [0.5, 0.6) is 0 Å². The van der Waals surface area contributed by atoms with Gasteiger partial charge in [-0.25, -0.2) is 0 Å². The van der Waals surface area contributed by atoms with Crippen LogP contribution >= 0.6 is 0 Å². The molecular weight excluding hydrogens is 769 g/mol. The molecule has 364 valence electrons. The van der Waals surface area contributed by atoms with Gasteiger partial charge in [0.15, 0.2) is 6.10 Å². The predicted molar refractivity (Wildman–Crippen MR) is 266 cm³/mol. The molecule has 0 bridgehead atoms. The van der Waals surface area contributed by atoms with Crippen LogP contribution in [0.3, 0.4) is 0 Å². The van der Waals surface area contributed by atoms with Crippen molar-refractivity contribution in [3.63, 3.8) is 0 Å². The standard InChI is InChI=1S/C56H104O6/c1-4-7-10-13-16-19-22-24-25-26-27-28-29-30-32-34-37-40-43-46-49-55(58)61-52-53(51-60-54(57)48-45-42-39-36-33-21-18-15-12-9-6-3)62-56(59)50-47-44-41-38-35-31-23-20-17-14-11-8-5-2/h11,14,20,23,53H,4-10,12-13,15-19,21-22,24-52H2,1-3H3/b14-11-,23-20-. The molecule has 0 saturated carbocycles. The van der Waals surface area contributed by atoms with E-state index in [1.165, 1.54) is 167 Å². The summed E-state index contributed by atoms with van der Waals surface area (Å²) >= 11 is 0. The van der Waals surface area contributed by atoms with Crippen LogP contribution in [0.1, 0.15) is 297 Å². The maximum atomic E-state index is 12.8. The van der Waals surface area contributed by atoms with E-state index in [2.05, 4.69) is 45.1 Å². The molecule has 0 aliphatic rings. The second-order valence-electron chi connectivity index (χ2n) is 18.5. The van der Waals surface area contributed by atoms with E-state index in [0.29, 0.717) is 19.3 Å². The van der Waals surface area contributed by atoms with Crippen LogP contribution in [0.4, 0.5) is 0 Å². The van der Waals surface area contributed by atoms with E-state index in [-0.39, 0.29) is 31.1 Å². The first-order valence-corrected chi connectivity index (χ1v) is 27.3. The third-order valence-electron chi connectivity index (χ3n) is 12.2. The number of esters is 3. The molecule has 0 fully saturated rings. The van der Waals surface area contributed by atoms with Crippen LogP contribution < -0.4 is 0 Å². The minimum atomic E-state index is -0.772. The number of hydrogen-bond donors (Lipinski definition) is 0. The Balaban J connectivity index is 4.25.